The fourth-order valence-electron chi connectivity index (χ4n) is 4.04. The van der Waals surface area contributed by atoms with Crippen LogP contribution in [0, 0.1) is 0 Å². The lowest BCUT2D eigenvalue weighted by Gasteiger charge is -2.29. The van der Waals surface area contributed by atoms with E-state index in [2.05, 4.69) is 16.0 Å². The summed E-state index contributed by atoms with van der Waals surface area (Å²) < 4.78 is 0. The topological polar surface area (TPSA) is 162 Å². The molecule has 34 heavy (non-hydrogen) atoms. The van der Waals surface area contributed by atoms with Crippen LogP contribution in [0.3, 0.4) is 0 Å². The molecule has 1 atom stereocenters. The number of piperidine rings is 1. The second kappa shape index (κ2) is 11.4. The molecule has 0 spiro atoms. The van der Waals surface area contributed by atoms with Gasteiger partial charge in [0.15, 0.2) is 0 Å². The lowest BCUT2D eigenvalue weighted by atomic mass is 10.0. The summed E-state index contributed by atoms with van der Waals surface area (Å²) in [6.45, 7) is 0.570. The molecule has 0 radical (unpaired) electrons. The van der Waals surface area contributed by atoms with E-state index in [-0.39, 0.29) is 68.7 Å². The Bertz CT molecular complexity index is 1010. The average Bonchev–Trinajstić information content (AvgIpc) is 3.10. The van der Waals surface area contributed by atoms with Gasteiger partial charge in [-0.05, 0) is 37.8 Å². The van der Waals surface area contributed by atoms with Gasteiger partial charge >= 0.3 is 5.97 Å². The molecule has 11 heteroatoms. The Kier molecular flexibility index (Phi) is 8.34. The van der Waals surface area contributed by atoms with E-state index >= 15 is 0 Å². The van der Waals surface area contributed by atoms with Gasteiger partial charge in [0.05, 0.1) is 0 Å². The van der Waals surface area contributed by atoms with Crippen LogP contribution in [0.25, 0.3) is 0 Å². The standard InChI is InChI=1S/C23H28N4O7/c28-18(8-4-9-21(31)32)24-12-2-1-7-19(29)25-16-6-3-5-14-15(16)13-27(23(14)34)17-10-11-20(30)26-22(17)33/h3,5-6,17H,1-2,4,7-13H2,(H,24,28)(H,25,29)(H,31,32)(H,26,30,33). The van der Waals surface area contributed by atoms with Crippen LogP contribution in [0.2, 0.25) is 0 Å². The summed E-state index contributed by atoms with van der Waals surface area (Å²) in [4.78, 5) is 72.4. The monoisotopic (exact) mass is 472 g/mol. The van der Waals surface area contributed by atoms with E-state index in [1.807, 2.05) is 0 Å². The van der Waals surface area contributed by atoms with Crippen molar-refractivity contribution < 1.29 is 33.9 Å². The maximum absolute atomic E-state index is 12.8. The number of rotatable bonds is 11. The van der Waals surface area contributed by atoms with Crippen molar-refractivity contribution in [1.29, 1.82) is 0 Å². The highest BCUT2D eigenvalue weighted by Gasteiger charge is 2.39. The van der Waals surface area contributed by atoms with Crippen LogP contribution in [0.15, 0.2) is 18.2 Å². The number of anilines is 1. The smallest absolute Gasteiger partial charge is 0.303 e. The maximum Gasteiger partial charge on any atom is 0.303 e. The predicted molar refractivity (Wildman–Crippen MR) is 119 cm³/mol. The third-order valence-corrected chi connectivity index (χ3v) is 5.80. The number of amides is 5. The lowest BCUT2D eigenvalue weighted by molar-refractivity contribution is -0.138. The van der Waals surface area contributed by atoms with Crippen molar-refractivity contribution >= 4 is 41.2 Å². The number of hydrogen-bond donors (Lipinski definition) is 4. The predicted octanol–water partition coefficient (Wildman–Crippen LogP) is 0.927. The Morgan fingerprint density at radius 1 is 1.03 bits per heavy atom. The van der Waals surface area contributed by atoms with E-state index in [1.54, 1.807) is 18.2 Å². The quantitative estimate of drug-likeness (QED) is 0.275. The molecule has 0 aliphatic carbocycles. The number of unbranched alkanes of at least 4 members (excludes halogenated alkanes) is 1. The minimum atomic E-state index is -0.934. The largest absolute Gasteiger partial charge is 0.481 e. The summed E-state index contributed by atoms with van der Waals surface area (Å²) in [6, 6.07) is 4.30. The van der Waals surface area contributed by atoms with E-state index in [4.69, 9.17) is 5.11 Å². The molecular formula is C23H28N4O7. The fraction of sp³-hybridized carbons (Fsp3) is 0.478. The van der Waals surface area contributed by atoms with Gasteiger partial charge in [-0.15, -0.1) is 0 Å². The number of imide groups is 1. The zero-order chi connectivity index (χ0) is 24.7. The molecule has 2 heterocycles. The molecule has 3 rings (SSSR count). The molecule has 182 valence electrons. The van der Waals surface area contributed by atoms with Crippen molar-refractivity contribution in [3.63, 3.8) is 0 Å². The minimum Gasteiger partial charge on any atom is -0.481 e. The molecule has 11 nitrogen and oxygen atoms in total. The van der Waals surface area contributed by atoms with E-state index in [0.29, 0.717) is 36.2 Å². The third-order valence-electron chi connectivity index (χ3n) is 5.80. The maximum atomic E-state index is 12.8. The fourth-order valence-corrected chi connectivity index (χ4v) is 4.04. The van der Waals surface area contributed by atoms with E-state index in [0.717, 1.165) is 0 Å². The molecule has 0 bridgehead atoms. The first-order valence-electron chi connectivity index (χ1n) is 11.3. The number of hydrogen-bond acceptors (Lipinski definition) is 6. The van der Waals surface area contributed by atoms with Crippen LogP contribution in [0.1, 0.15) is 67.3 Å². The van der Waals surface area contributed by atoms with Crippen molar-refractivity contribution in [3.8, 4) is 0 Å². The summed E-state index contributed by atoms with van der Waals surface area (Å²) in [5.74, 6) is -2.52. The van der Waals surface area contributed by atoms with E-state index < -0.39 is 17.9 Å². The van der Waals surface area contributed by atoms with Gasteiger partial charge in [0.2, 0.25) is 23.6 Å². The summed E-state index contributed by atoms with van der Waals surface area (Å²) in [5, 5.41) is 16.4. The van der Waals surface area contributed by atoms with Crippen LogP contribution in [0.4, 0.5) is 5.69 Å². The van der Waals surface area contributed by atoms with Crippen molar-refractivity contribution in [2.24, 2.45) is 0 Å². The normalized spacial score (nSPS) is 17.2. The molecule has 1 saturated heterocycles. The Hall–Kier alpha value is -3.76. The molecule has 1 aromatic rings. The molecule has 1 aromatic carbocycles. The number of aliphatic carboxylic acids is 1. The highest BCUT2D eigenvalue weighted by atomic mass is 16.4. The highest BCUT2D eigenvalue weighted by Crippen LogP contribution is 2.32. The number of nitrogens with zero attached hydrogens (tertiary/aromatic N) is 1. The first-order chi connectivity index (χ1) is 16.3. The summed E-state index contributed by atoms with van der Waals surface area (Å²) >= 11 is 0. The minimum absolute atomic E-state index is 0.0480. The Morgan fingerprint density at radius 3 is 2.53 bits per heavy atom. The second-order valence-electron chi connectivity index (χ2n) is 8.33. The molecule has 1 unspecified atom stereocenters. The Labute approximate surface area is 196 Å². The molecule has 2 aliphatic heterocycles. The average molecular weight is 472 g/mol. The number of fused-ring (bicyclic) bond motifs is 1. The number of carboxylic acid groups (broad SMARTS) is 1. The van der Waals surface area contributed by atoms with Gasteiger partial charge in [-0.3, -0.25) is 34.1 Å². The van der Waals surface area contributed by atoms with Gasteiger partial charge in [0.25, 0.3) is 5.91 Å². The molecular weight excluding hydrogens is 444 g/mol. The van der Waals surface area contributed by atoms with Gasteiger partial charge in [-0.2, -0.15) is 0 Å². The van der Waals surface area contributed by atoms with E-state index in [9.17, 15) is 28.8 Å². The van der Waals surface area contributed by atoms with Crippen molar-refractivity contribution in [2.75, 3.05) is 11.9 Å². The number of carbonyl (C=O) groups is 6. The Morgan fingerprint density at radius 2 is 1.79 bits per heavy atom. The summed E-state index contributed by atoms with van der Waals surface area (Å²) in [7, 11) is 0. The molecule has 0 saturated carbocycles. The first kappa shape index (κ1) is 24.9. The molecule has 4 N–H and O–H groups in total. The van der Waals surface area contributed by atoms with Crippen molar-refractivity contribution in [1.82, 2.24) is 15.5 Å². The van der Waals surface area contributed by atoms with Gasteiger partial charge in [0.1, 0.15) is 6.04 Å². The zero-order valence-corrected chi connectivity index (χ0v) is 18.7. The van der Waals surface area contributed by atoms with Crippen LogP contribution >= 0.6 is 0 Å². The van der Waals surface area contributed by atoms with Gasteiger partial charge in [0, 0.05) is 55.6 Å². The number of nitrogens with one attached hydrogen (secondary N) is 3. The van der Waals surface area contributed by atoms with Crippen LogP contribution in [-0.2, 0) is 30.5 Å². The van der Waals surface area contributed by atoms with Crippen molar-refractivity contribution in [3.05, 3.63) is 29.3 Å². The number of carboxylic acids is 1. The Balaban J connectivity index is 1.45. The number of benzene rings is 1. The van der Waals surface area contributed by atoms with Crippen LogP contribution in [-0.4, -0.2) is 58.1 Å². The summed E-state index contributed by atoms with van der Waals surface area (Å²) in [6.07, 6.45) is 2.18. The summed E-state index contributed by atoms with van der Waals surface area (Å²) in [5.41, 5.74) is 1.57. The van der Waals surface area contributed by atoms with E-state index in [1.165, 1.54) is 4.90 Å². The zero-order valence-electron chi connectivity index (χ0n) is 18.7. The molecule has 2 aliphatic rings. The van der Waals surface area contributed by atoms with Gasteiger partial charge < -0.3 is 20.6 Å². The number of carbonyl (C=O) groups excluding carboxylic acids is 5. The first-order valence-corrected chi connectivity index (χ1v) is 11.3. The van der Waals surface area contributed by atoms with Crippen molar-refractivity contribution in [2.45, 2.75) is 64.0 Å². The molecule has 5 amide bonds. The molecule has 0 aromatic heterocycles. The van der Waals surface area contributed by atoms with Crippen LogP contribution in [0.5, 0.6) is 0 Å². The lowest BCUT2D eigenvalue weighted by Crippen LogP contribution is -2.52. The molecule has 1 fully saturated rings. The van der Waals surface area contributed by atoms with Crippen LogP contribution < -0.4 is 16.0 Å². The van der Waals surface area contributed by atoms with Gasteiger partial charge in [-0.25, -0.2) is 0 Å². The second-order valence-corrected chi connectivity index (χ2v) is 8.33. The highest BCUT2D eigenvalue weighted by molar-refractivity contribution is 6.06. The van der Waals surface area contributed by atoms with Gasteiger partial charge in [-0.1, -0.05) is 6.07 Å². The third kappa shape index (κ3) is 6.40. The SMILES string of the molecule is O=C(O)CCCC(=O)NCCCCC(=O)Nc1cccc2c1CN(C1CCC(=O)NC1=O)C2=O.